The third kappa shape index (κ3) is 4.78. The summed E-state index contributed by atoms with van der Waals surface area (Å²) < 4.78 is 19.8. The molecular formula is C21H23FN4O3. The summed E-state index contributed by atoms with van der Waals surface area (Å²) in [6.45, 7) is 0.170. The minimum absolute atomic E-state index is 0.0506. The van der Waals surface area contributed by atoms with Crippen molar-refractivity contribution in [3.8, 4) is 5.75 Å². The molecule has 1 N–H and O–H groups in total. The summed E-state index contributed by atoms with van der Waals surface area (Å²) in [5.41, 5.74) is 0.959. The summed E-state index contributed by atoms with van der Waals surface area (Å²) in [7, 11) is 5.46. The fourth-order valence-corrected chi connectivity index (χ4v) is 3.09. The Hall–Kier alpha value is -3.26. The van der Waals surface area contributed by atoms with Crippen LogP contribution >= 0.6 is 0 Å². The minimum Gasteiger partial charge on any atom is -0.497 e. The van der Waals surface area contributed by atoms with Gasteiger partial charge in [0, 0.05) is 6.54 Å². The molecule has 3 aromatic rings. The average Bonchev–Trinajstić information content (AvgIpc) is 2.71. The van der Waals surface area contributed by atoms with E-state index in [1.54, 1.807) is 7.11 Å². The Bertz CT molecular complexity index is 1060. The lowest BCUT2D eigenvalue weighted by molar-refractivity contribution is -0.121. The number of amides is 1. The van der Waals surface area contributed by atoms with E-state index in [2.05, 4.69) is 10.3 Å². The molecule has 1 unspecified atom stereocenters. The maximum absolute atomic E-state index is 13.4. The highest BCUT2D eigenvalue weighted by atomic mass is 19.1. The molecule has 1 aromatic heterocycles. The predicted molar refractivity (Wildman–Crippen MR) is 108 cm³/mol. The Kier molecular flexibility index (Phi) is 6.23. The summed E-state index contributed by atoms with van der Waals surface area (Å²) in [4.78, 5) is 31.0. The van der Waals surface area contributed by atoms with E-state index in [0.717, 1.165) is 17.4 Å². The molecule has 0 saturated heterocycles. The number of ether oxygens (including phenoxy) is 1. The van der Waals surface area contributed by atoms with E-state index in [1.807, 2.05) is 43.3 Å². The zero-order valence-electron chi connectivity index (χ0n) is 16.6. The molecule has 0 aliphatic heterocycles. The first-order valence-corrected chi connectivity index (χ1v) is 9.11. The van der Waals surface area contributed by atoms with Crippen molar-refractivity contribution in [2.45, 2.75) is 12.6 Å². The van der Waals surface area contributed by atoms with E-state index in [0.29, 0.717) is 12.1 Å². The van der Waals surface area contributed by atoms with E-state index in [4.69, 9.17) is 4.74 Å². The second kappa shape index (κ2) is 8.83. The molecule has 0 aliphatic rings. The van der Waals surface area contributed by atoms with Gasteiger partial charge in [0.15, 0.2) is 0 Å². The van der Waals surface area contributed by atoms with Gasteiger partial charge in [0.1, 0.15) is 18.1 Å². The number of hydrogen-bond donors (Lipinski definition) is 1. The monoisotopic (exact) mass is 398 g/mol. The van der Waals surface area contributed by atoms with Crippen LogP contribution in [0.25, 0.3) is 10.9 Å². The molecule has 29 heavy (non-hydrogen) atoms. The van der Waals surface area contributed by atoms with Crippen LogP contribution < -0.4 is 15.6 Å². The van der Waals surface area contributed by atoms with Crippen LogP contribution in [0.5, 0.6) is 5.75 Å². The van der Waals surface area contributed by atoms with Gasteiger partial charge in [0.25, 0.3) is 5.56 Å². The molecule has 1 atom stereocenters. The van der Waals surface area contributed by atoms with Crippen LogP contribution in [-0.2, 0) is 11.3 Å². The quantitative estimate of drug-likeness (QED) is 0.659. The topological polar surface area (TPSA) is 76.5 Å². The number of rotatable bonds is 7. The molecule has 2 aromatic carbocycles. The van der Waals surface area contributed by atoms with E-state index in [9.17, 15) is 14.0 Å². The Morgan fingerprint density at radius 1 is 1.24 bits per heavy atom. The minimum atomic E-state index is -0.521. The van der Waals surface area contributed by atoms with Crippen molar-refractivity contribution in [2.24, 2.45) is 0 Å². The van der Waals surface area contributed by atoms with Gasteiger partial charge < -0.3 is 15.0 Å². The number of likely N-dealkylation sites (N-methyl/N-ethyl adjacent to an activating group) is 1. The van der Waals surface area contributed by atoms with Crippen molar-refractivity contribution in [2.75, 3.05) is 27.7 Å². The molecule has 7 nitrogen and oxygen atoms in total. The number of halogens is 1. The number of carbonyl (C=O) groups is 1. The first-order chi connectivity index (χ1) is 13.9. The lowest BCUT2D eigenvalue weighted by Gasteiger charge is -2.25. The zero-order chi connectivity index (χ0) is 21.0. The molecule has 3 rings (SSSR count). The lowest BCUT2D eigenvalue weighted by atomic mass is 10.1. The summed E-state index contributed by atoms with van der Waals surface area (Å²) in [6, 6.07) is 11.4. The van der Waals surface area contributed by atoms with E-state index in [-0.39, 0.29) is 23.9 Å². The van der Waals surface area contributed by atoms with Crippen LogP contribution in [0.15, 0.2) is 53.6 Å². The molecule has 0 spiro atoms. The Morgan fingerprint density at radius 3 is 2.62 bits per heavy atom. The van der Waals surface area contributed by atoms with E-state index in [1.165, 1.54) is 23.0 Å². The molecule has 1 heterocycles. The van der Waals surface area contributed by atoms with Crippen molar-refractivity contribution in [1.82, 2.24) is 19.8 Å². The molecule has 0 aliphatic carbocycles. The van der Waals surface area contributed by atoms with Gasteiger partial charge in [-0.2, -0.15) is 0 Å². The summed E-state index contributed by atoms with van der Waals surface area (Å²) in [5, 5.41) is 3.00. The van der Waals surface area contributed by atoms with Crippen molar-refractivity contribution in [1.29, 1.82) is 0 Å². The number of fused-ring (bicyclic) bond motifs is 1. The normalized spacial score (nSPS) is 12.2. The maximum atomic E-state index is 13.4. The number of aromatic nitrogens is 2. The van der Waals surface area contributed by atoms with E-state index >= 15 is 0 Å². The lowest BCUT2D eigenvalue weighted by Crippen LogP contribution is -2.37. The highest BCUT2D eigenvalue weighted by Crippen LogP contribution is 2.20. The number of benzene rings is 2. The summed E-state index contributed by atoms with van der Waals surface area (Å²) >= 11 is 0. The Balaban J connectivity index is 1.70. The molecule has 0 radical (unpaired) electrons. The van der Waals surface area contributed by atoms with Crippen molar-refractivity contribution in [3.05, 3.63) is 70.5 Å². The van der Waals surface area contributed by atoms with Gasteiger partial charge in [-0.15, -0.1) is 0 Å². The maximum Gasteiger partial charge on any atom is 0.261 e. The Labute approximate surface area is 167 Å². The van der Waals surface area contributed by atoms with Gasteiger partial charge in [-0.1, -0.05) is 12.1 Å². The third-order valence-electron chi connectivity index (χ3n) is 4.72. The van der Waals surface area contributed by atoms with Crippen LogP contribution in [0.1, 0.15) is 11.6 Å². The second-order valence-corrected chi connectivity index (χ2v) is 6.90. The molecule has 152 valence electrons. The number of hydrogen-bond acceptors (Lipinski definition) is 5. The fourth-order valence-electron chi connectivity index (χ4n) is 3.09. The van der Waals surface area contributed by atoms with Crippen LogP contribution in [0, 0.1) is 5.82 Å². The first-order valence-electron chi connectivity index (χ1n) is 9.11. The number of methoxy groups -OCH3 is 1. The van der Waals surface area contributed by atoms with Gasteiger partial charge in [-0.25, -0.2) is 9.37 Å². The molecule has 0 bridgehead atoms. The smallest absolute Gasteiger partial charge is 0.261 e. The van der Waals surface area contributed by atoms with Gasteiger partial charge in [0.05, 0.1) is 30.4 Å². The highest BCUT2D eigenvalue weighted by Gasteiger charge is 2.16. The molecule has 8 heteroatoms. The standard InChI is InChI=1S/C21H23FN4O3/c1-25(2)19(14-4-7-16(29-3)8-5-14)11-23-20(27)12-26-13-24-18-9-6-15(22)10-17(18)21(26)28/h4-10,13,19H,11-12H2,1-3H3,(H,23,27). The number of carbonyl (C=O) groups excluding carboxylic acids is 1. The van der Waals surface area contributed by atoms with Crippen LogP contribution in [0.3, 0.4) is 0 Å². The largest absolute Gasteiger partial charge is 0.497 e. The zero-order valence-corrected chi connectivity index (χ0v) is 16.6. The molecule has 0 fully saturated rings. The highest BCUT2D eigenvalue weighted by molar-refractivity contribution is 5.79. The van der Waals surface area contributed by atoms with Crippen LogP contribution in [-0.4, -0.2) is 48.1 Å². The van der Waals surface area contributed by atoms with Crippen molar-refractivity contribution in [3.63, 3.8) is 0 Å². The Morgan fingerprint density at radius 2 is 1.97 bits per heavy atom. The summed E-state index contributed by atoms with van der Waals surface area (Å²) in [5.74, 6) is -0.0909. The van der Waals surface area contributed by atoms with Gasteiger partial charge >= 0.3 is 0 Å². The van der Waals surface area contributed by atoms with Gasteiger partial charge in [-0.05, 0) is 50.0 Å². The SMILES string of the molecule is COc1ccc(C(CNC(=O)Cn2cnc3ccc(F)cc3c2=O)N(C)C)cc1. The summed E-state index contributed by atoms with van der Waals surface area (Å²) in [6.07, 6.45) is 1.30. The number of nitrogens with one attached hydrogen (secondary N) is 1. The van der Waals surface area contributed by atoms with Crippen molar-refractivity contribution < 1.29 is 13.9 Å². The molecule has 0 saturated carbocycles. The fraction of sp³-hybridized carbons (Fsp3) is 0.286. The molecule has 1 amide bonds. The predicted octanol–water partition coefficient (Wildman–Crippen LogP) is 1.96. The average molecular weight is 398 g/mol. The molecular weight excluding hydrogens is 375 g/mol. The van der Waals surface area contributed by atoms with Crippen LogP contribution in [0.2, 0.25) is 0 Å². The van der Waals surface area contributed by atoms with Gasteiger partial charge in [0.2, 0.25) is 5.91 Å². The van der Waals surface area contributed by atoms with Crippen LogP contribution in [0.4, 0.5) is 4.39 Å². The third-order valence-corrected chi connectivity index (χ3v) is 4.72. The van der Waals surface area contributed by atoms with Crippen molar-refractivity contribution >= 4 is 16.8 Å². The second-order valence-electron chi connectivity index (χ2n) is 6.90. The first kappa shape index (κ1) is 20.5. The van der Waals surface area contributed by atoms with Gasteiger partial charge in [-0.3, -0.25) is 14.2 Å². The number of nitrogens with zero attached hydrogens (tertiary/aromatic N) is 3. The van der Waals surface area contributed by atoms with E-state index < -0.39 is 11.4 Å².